The molecule has 0 amide bonds. The summed E-state index contributed by atoms with van der Waals surface area (Å²) < 4.78 is 6.00. The van der Waals surface area contributed by atoms with Gasteiger partial charge in [0.15, 0.2) is 0 Å². The molecule has 5 heteroatoms. The predicted molar refractivity (Wildman–Crippen MR) is 108 cm³/mol. The third-order valence-electron chi connectivity index (χ3n) is 4.18. The second kappa shape index (κ2) is 8.77. The van der Waals surface area contributed by atoms with Crippen LogP contribution >= 0.6 is 15.9 Å². The summed E-state index contributed by atoms with van der Waals surface area (Å²) in [5.41, 5.74) is 4.84. The van der Waals surface area contributed by atoms with Gasteiger partial charge in [0.2, 0.25) is 5.88 Å². The highest BCUT2D eigenvalue weighted by Gasteiger charge is 2.15. The summed E-state index contributed by atoms with van der Waals surface area (Å²) in [5.74, 6) is 0.528. The molecule has 4 nitrogen and oxygen atoms in total. The molecule has 1 heterocycles. The van der Waals surface area contributed by atoms with Crippen LogP contribution in [0.3, 0.4) is 0 Å². The Kier molecular flexibility index (Phi) is 6.19. The standard InChI is InChI=1S/C21H20BrN3O/c1-15-9-10-16(14-23)13-17(15)20-21(26-12-6-2-5-11-22)25-19-8-4-3-7-18(19)24-20/h3-4,7-10,13H,2,5-6,11-12H2,1H3. The minimum atomic E-state index is 0.528. The van der Waals surface area contributed by atoms with Crippen LogP contribution in [-0.2, 0) is 0 Å². The zero-order valence-electron chi connectivity index (χ0n) is 14.7. The highest BCUT2D eigenvalue weighted by atomic mass is 79.9. The zero-order chi connectivity index (χ0) is 18.4. The number of hydrogen-bond acceptors (Lipinski definition) is 4. The molecule has 0 radical (unpaired) electrons. The van der Waals surface area contributed by atoms with Crippen LogP contribution in [0.25, 0.3) is 22.3 Å². The summed E-state index contributed by atoms with van der Waals surface area (Å²) in [4.78, 5) is 9.48. The van der Waals surface area contributed by atoms with E-state index in [1.165, 1.54) is 0 Å². The van der Waals surface area contributed by atoms with Crippen molar-refractivity contribution in [2.75, 3.05) is 11.9 Å². The first-order valence-electron chi connectivity index (χ1n) is 8.69. The lowest BCUT2D eigenvalue weighted by Gasteiger charge is -2.13. The Morgan fingerprint density at radius 3 is 2.54 bits per heavy atom. The Hall–Kier alpha value is -2.45. The van der Waals surface area contributed by atoms with Crippen molar-refractivity contribution in [2.45, 2.75) is 26.2 Å². The zero-order valence-corrected chi connectivity index (χ0v) is 16.3. The SMILES string of the molecule is Cc1ccc(C#N)cc1-c1nc2ccccc2nc1OCCCCCBr. The van der Waals surface area contributed by atoms with Gasteiger partial charge in [0.1, 0.15) is 5.69 Å². The maximum absolute atomic E-state index is 9.24. The summed E-state index contributed by atoms with van der Waals surface area (Å²) in [6.45, 7) is 2.61. The Labute approximate surface area is 162 Å². The molecule has 26 heavy (non-hydrogen) atoms. The second-order valence-corrected chi connectivity index (χ2v) is 6.90. The van der Waals surface area contributed by atoms with E-state index in [2.05, 4.69) is 27.0 Å². The Balaban J connectivity index is 2.01. The van der Waals surface area contributed by atoms with E-state index >= 15 is 0 Å². The van der Waals surface area contributed by atoms with Gasteiger partial charge >= 0.3 is 0 Å². The molecule has 132 valence electrons. The van der Waals surface area contributed by atoms with Crippen molar-refractivity contribution in [3.8, 4) is 23.2 Å². The van der Waals surface area contributed by atoms with Gasteiger partial charge in [0.05, 0.1) is 29.3 Å². The number of para-hydroxylation sites is 2. The Morgan fingerprint density at radius 2 is 1.81 bits per heavy atom. The number of nitrogens with zero attached hydrogens (tertiary/aromatic N) is 3. The van der Waals surface area contributed by atoms with E-state index in [0.717, 1.165) is 46.8 Å². The lowest BCUT2D eigenvalue weighted by Crippen LogP contribution is -2.04. The minimum absolute atomic E-state index is 0.528. The molecule has 0 saturated carbocycles. The van der Waals surface area contributed by atoms with E-state index in [-0.39, 0.29) is 0 Å². The van der Waals surface area contributed by atoms with Crippen LogP contribution in [0.5, 0.6) is 5.88 Å². The summed E-state index contributed by atoms with van der Waals surface area (Å²) >= 11 is 3.45. The first kappa shape index (κ1) is 18.3. The van der Waals surface area contributed by atoms with Gasteiger partial charge in [-0.05, 0) is 56.0 Å². The molecule has 3 rings (SSSR count). The number of nitriles is 1. The van der Waals surface area contributed by atoms with Gasteiger partial charge in [0.25, 0.3) is 0 Å². The van der Waals surface area contributed by atoms with Crippen molar-refractivity contribution >= 4 is 27.0 Å². The summed E-state index contributed by atoms with van der Waals surface area (Å²) in [7, 11) is 0. The van der Waals surface area contributed by atoms with Crippen LogP contribution in [0.4, 0.5) is 0 Å². The fraction of sp³-hybridized carbons (Fsp3) is 0.286. The van der Waals surface area contributed by atoms with Crippen molar-refractivity contribution in [1.82, 2.24) is 9.97 Å². The molecule has 0 aliphatic heterocycles. The predicted octanol–water partition coefficient (Wildman–Crippen LogP) is 5.42. The number of rotatable bonds is 7. The summed E-state index contributed by atoms with van der Waals surface area (Å²) in [6, 6.07) is 15.6. The number of hydrogen-bond donors (Lipinski definition) is 0. The molecule has 0 fully saturated rings. The molecule has 2 aromatic carbocycles. The normalized spacial score (nSPS) is 10.7. The number of fused-ring (bicyclic) bond motifs is 1. The third kappa shape index (κ3) is 4.20. The van der Waals surface area contributed by atoms with E-state index in [9.17, 15) is 5.26 Å². The number of unbranched alkanes of at least 4 members (excludes halogenated alkanes) is 2. The van der Waals surface area contributed by atoms with Gasteiger partial charge in [0, 0.05) is 10.9 Å². The number of benzene rings is 2. The second-order valence-electron chi connectivity index (χ2n) is 6.11. The number of halogens is 1. The number of ether oxygens (including phenoxy) is 1. The van der Waals surface area contributed by atoms with Crippen LogP contribution in [-0.4, -0.2) is 21.9 Å². The molecule has 0 aliphatic carbocycles. The smallest absolute Gasteiger partial charge is 0.241 e. The quantitative estimate of drug-likeness (QED) is 0.386. The van der Waals surface area contributed by atoms with Gasteiger partial charge in [-0.25, -0.2) is 9.97 Å². The van der Waals surface area contributed by atoms with E-state index in [1.54, 1.807) is 0 Å². The Morgan fingerprint density at radius 1 is 1.04 bits per heavy atom. The molecule has 0 atom stereocenters. The van der Waals surface area contributed by atoms with Crippen molar-refractivity contribution in [2.24, 2.45) is 0 Å². The lowest BCUT2D eigenvalue weighted by molar-refractivity contribution is 0.296. The average Bonchev–Trinajstić information content (AvgIpc) is 2.67. The molecule has 0 spiro atoms. The number of alkyl halides is 1. The van der Waals surface area contributed by atoms with Gasteiger partial charge < -0.3 is 4.74 Å². The molecule has 0 N–H and O–H groups in total. The first-order chi connectivity index (χ1) is 12.7. The monoisotopic (exact) mass is 409 g/mol. The average molecular weight is 410 g/mol. The van der Waals surface area contributed by atoms with Gasteiger partial charge in [-0.2, -0.15) is 5.26 Å². The third-order valence-corrected chi connectivity index (χ3v) is 4.74. The van der Waals surface area contributed by atoms with E-state index in [1.807, 2.05) is 49.4 Å². The fourth-order valence-corrected chi connectivity index (χ4v) is 3.15. The largest absolute Gasteiger partial charge is 0.476 e. The van der Waals surface area contributed by atoms with Crippen molar-refractivity contribution in [3.63, 3.8) is 0 Å². The molecule has 0 unspecified atom stereocenters. The fourth-order valence-electron chi connectivity index (χ4n) is 2.75. The molecular formula is C21H20BrN3O. The van der Waals surface area contributed by atoms with Crippen LogP contribution in [0.15, 0.2) is 42.5 Å². The topological polar surface area (TPSA) is 58.8 Å². The maximum Gasteiger partial charge on any atom is 0.241 e. The van der Waals surface area contributed by atoms with Crippen LogP contribution < -0.4 is 4.74 Å². The van der Waals surface area contributed by atoms with Crippen molar-refractivity contribution in [3.05, 3.63) is 53.6 Å². The highest BCUT2D eigenvalue weighted by molar-refractivity contribution is 9.09. The minimum Gasteiger partial charge on any atom is -0.476 e. The Bertz CT molecular complexity index is 950. The van der Waals surface area contributed by atoms with Crippen molar-refractivity contribution in [1.29, 1.82) is 5.26 Å². The van der Waals surface area contributed by atoms with Crippen LogP contribution in [0.1, 0.15) is 30.4 Å². The van der Waals surface area contributed by atoms with Crippen LogP contribution in [0.2, 0.25) is 0 Å². The highest BCUT2D eigenvalue weighted by Crippen LogP contribution is 2.31. The molecule has 1 aromatic heterocycles. The molecule has 0 aliphatic rings. The summed E-state index contributed by atoms with van der Waals surface area (Å²) in [5, 5.41) is 10.3. The van der Waals surface area contributed by atoms with E-state index < -0.39 is 0 Å². The van der Waals surface area contributed by atoms with Gasteiger partial charge in [-0.15, -0.1) is 0 Å². The van der Waals surface area contributed by atoms with Gasteiger partial charge in [-0.1, -0.05) is 34.1 Å². The molecule has 3 aromatic rings. The first-order valence-corrected chi connectivity index (χ1v) is 9.81. The molecular weight excluding hydrogens is 390 g/mol. The molecule has 0 bridgehead atoms. The van der Waals surface area contributed by atoms with Gasteiger partial charge in [-0.3, -0.25) is 0 Å². The molecule has 0 saturated heterocycles. The maximum atomic E-state index is 9.24. The number of aromatic nitrogens is 2. The summed E-state index contributed by atoms with van der Waals surface area (Å²) in [6.07, 6.45) is 3.20. The number of aryl methyl sites for hydroxylation is 1. The van der Waals surface area contributed by atoms with Crippen LogP contribution in [0, 0.1) is 18.3 Å². The van der Waals surface area contributed by atoms with E-state index in [0.29, 0.717) is 23.7 Å². The lowest BCUT2D eigenvalue weighted by atomic mass is 10.0. The van der Waals surface area contributed by atoms with Crippen molar-refractivity contribution < 1.29 is 4.74 Å². The van der Waals surface area contributed by atoms with E-state index in [4.69, 9.17) is 9.72 Å².